The largest absolute Gasteiger partial charge is 0.289 e. The van der Waals surface area contributed by atoms with Gasteiger partial charge in [-0.15, -0.1) is 0 Å². The Kier molecular flexibility index (Phi) is 1.84. The van der Waals surface area contributed by atoms with Crippen LogP contribution in [0.1, 0.15) is 32.1 Å². The first-order valence-corrected chi connectivity index (χ1v) is 7.55. The van der Waals surface area contributed by atoms with E-state index in [2.05, 4.69) is 0 Å². The lowest BCUT2D eigenvalue weighted by atomic mass is 10.0. The zero-order valence-electron chi connectivity index (χ0n) is 6.22. The molecule has 2 rings (SSSR count). The van der Waals surface area contributed by atoms with E-state index in [1.165, 1.54) is 12.8 Å². The minimum Gasteiger partial charge on any atom is -0.289 e. The summed E-state index contributed by atoms with van der Waals surface area (Å²) >= 11 is 11.5. The van der Waals surface area contributed by atoms with Gasteiger partial charge in [-0.1, -0.05) is 0 Å². The first-order valence-electron chi connectivity index (χ1n) is 4.03. The summed E-state index contributed by atoms with van der Waals surface area (Å²) < 4.78 is 11.5. The zero-order chi connectivity index (χ0) is 8.11. The molecule has 4 heteroatoms. The average molecular weight is 213 g/mol. The maximum Gasteiger partial charge on any atom is 0.259 e. The molecule has 0 heterocycles. The van der Waals surface area contributed by atoms with Crippen molar-refractivity contribution in [2.45, 2.75) is 37.3 Å². The first kappa shape index (κ1) is 8.41. The Morgan fingerprint density at radius 1 is 1.27 bits per heavy atom. The van der Waals surface area contributed by atoms with E-state index in [9.17, 15) is 4.57 Å². The molecule has 2 saturated carbocycles. The minimum absolute atomic E-state index is 0.166. The number of hydrogen-bond acceptors (Lipinski definition) is 1. The van der Waals surface area contributed by atoms with Crippen molar-refractivity contribution in [2.24, 2.45) is 5.92 Å². The molecular weight excluding hydrogens is 202 g/mol. The standard InChI is InChI=1S/C7H11Cl2OP/c8-11(9,10)7-3-1-6(5-7)2-4-7/h6H,1-5H2. The molecule has 2 aliphatic rings. The summed E-state index contributed by atoms with van der Waals surface area (Å²) in [4.78, 5) is 0. The Morgan fingerprint density at radius 2 is 1.82 bits per heavy atom. The van der Waals surface area contributed by atoms with Crippen LogP contribution in [0.5, 0.6) is 0 Å². The molecular formula is C7H11Cl2OP. The summed E-state index contributed by atoms with van der Waals surface area (Å²) in [5.41, 5.74) is 0. The quantitative estimate of drug-likeness (QED) is 0.601. The van der Waals surface area contributed by atoms with E-state index in [1.807, 2.05) is 0 Å². The molecule has 0 spiro atoms. The summed E-state index contributed by atoms with van der Waals surface area (Å²) in [6, 6.07) is 0. The lowest BCUT2D eigenvalue weighted by Gasteiger charge is -2.26. The Morgan fingerprint density at radius 3 is 2.00 bits per heavy atom. The normalized spacial score (nSPS) is 43.3. The third-order valence-corrected chi connectivity index (χ3v) is 7.14. The Bertz CT molecular complexity index is 214. The van der Waals surface area contributed by atoms with Crippen LogP contribution in [-0.4, -0.2) is 5.16 Å². The van der Waals surface area contributed by atoms with Crippen molar-refractivity contribution >= 4 is 28.3 Å². The minimum atomic E-state index is -2.86. The lowest BCUT2D eigenvalue weighted by Crippen LogP contribution is -2.17. The molecule has 0 radical (unpaired) electrons. The molecule has 1 nitrogen and oxygen atoms in total. The van der Waals surface area contributed by atoms with Gasteiger partial charge in [0.1, 0.15) is 0 Å². The van der Waals surface area contributed by atoms with Crippen molar-refractivity contribution in [2.75, 3.05) is 0 Å². The second kappa shape index (κ2) is 2.40. The molecule has 11 heavy (non-hydrogen) atoms. The lowest BCUT2D eigenvalue weighted by molar-refractivity contribution is 0.484. The summed E-state index contributed by atoms with van der Waals surface area (Å²) in [6.07, 6.45) is 5.36. The van der Waals surface area contributed by atoms with Gasteiger partial charge in [0.15, 0.2) is 0 Å². The Labute approximate surface area is 76.4 Å². The molecule has 2 aliphatic carbocycles. The van der Waals surface area contributed by atoms with E-state index in [0.717, 1.165) is 25.2 Å². The van der Waals surface area contributed by atoms with Crippen molar-refractivity contribution in [3.05, 3.63) is 0 Å². The smallest absolute Gasteiger partial charge is 0.259 e. The second-order valence-corrected chi connectivity index (χ2v) is 9.08. The molecule has 2 bridgehead atoms. The van der Waals surface area contributed by atoms with Crippen molar-refractivity contribution in [1.82, 2.24) is 0 Å². The Balaban J connectivity index is 2.30. The summed E-state index contributed by atoms with van der Waals surface area (Å²) in [6.45, 7) is 0. The fourth-order valence-corrected chi connectivity index (χ4v) is 5.20. The summed E-state index contributed by atoms with van der Waals surface area (Å²) in [7, 11) is 0. The molecule has 0 unspecified atom stereocenters. The maximum atomic E-state index is 11.5. The van der Waals surface area contributed by atoms with Crippen LogP contribution < -0.4 is 0 Å². The van der Waals surface area contributed by atoms with E-state index in [0.29, 0.717) is 0 Å². The van der Waals surface area contributed by atoms with Crippen LogP contribution in [0.3, 0.4) is 0 Å². The topological polar surface area (TPSA) is 17.1 Å². The third kappa shape index (κ3) is 1.17. The van der Waals surface area contributed by atoms with E-state index < -0.39 is 5.85 Å². The van der Waals surface area contributed by atoms with Gasteiger partial charge in [0.2, 0.25) is 0 Å². The molecule has 0 amide bonds. The molecule has 2 fully saturated rings. The molecule has 0 aliphatic heterocycles. The summed E-state index contributed by atoms with van der Waals surface area (Å²) in [5, 5.41) is -0.166. The van der Waals surface area contributed by atoms with Crippen molar-refractivity contribution in [1.29, 1.82) is 0 Å². The van der Waals surface area contributed by atoms with E-state index in [-0.39, 0.29) is 5.16 Å². The number of halogens is 2. The van der Waals surface area contributed by atoms with Crippen LogP contribution in [0.4, 0.5) is 0 Å². The van der Waals surface area contributed by atoms with Gasteiger partial charge >= 0.3 is 0 Å². The number of fused-ring (bicyclic) bond motifs is 2. The van der Waals surface area contributed by atoms with Gasteiger partial charge in [-0.25, -0.2) is 0 Å². The molecule has 0 saturated heterocycles. The van der Waals surface area contributed by atoms with Crippen LogP contribution in [-0.2, 0) is 4.57 Å². The second-order valence-electron chi connectivity index (χ2n) is 3.83. The zero-order valence-corrected chi connectivity index (χ0v) is 8.63. The molecule has 0 N–H and O–H groups in total. The van der Waals surface area contributed by atoms with E-state index >= 15 is 0 Å². The predicted octanol–water partition coefficient (Wildman–Crippen LogP) is 3.99. The molecule has 0 aromatic carbocycles. The highest BCUT2D eigenvalue weighted by atomic mass is 35.9. The predicted molar refractivity (Wildman–Crippen MR) is 48.6 cm³/mol. The van der Waals surface area contributed by atoms with Gasteiger partial charge in [-0.05, 0) is 60.5 Å². The van der Waals surface area contributed by atoms with Gasteiger partial charge < -0.3 is 0 Å². The van der Waals surface area contributed by atoms with E-state index in [1.54, 1.807) is 0 Å². The third-order valence-electron chi connectivity index (χ3n) is 3.26. The van der Waals surface area contributed by atoms with Crippen molar-refractivity contribution in [3.63, 3.8) is 0 Å². The van der Waals surface area contributed by atoms with Crippen LogP contribution in [0.25, 0.3) is 0 Å². The molecule has 0 atom stereocenters. The van der Waals surface area contributed by atoms with Gasteiger partial charge in [0.25, 0.3) is 5.85 Å². The van der Waals surface area contributed by atoms with Crippen molar-refractivity contribution < 1.29 is 4.57 Å². The SMILES string of the molecule is O=P(Cl)(Cl)C12CCC(CC1)C2. The monoisotopic (exact) mass is 212 g/mol. The van der Waals surface area contributed by atoms with Gasteiger partial charge in [-0.3, -0.25) is 4.57 Å². The van der Waals surface area contributed by atoms with Crippen LogP contribution in [0, 0.1) is 5.92 Å². The van der Waals surface area contributed by atoms with Gasteiger partial charge in [-0.2, -0.15) is 0 Å². The highest BCUT2D eigenvalue weighted by Gasteiger charge is 2.54. The highest BCUT2D eigenvalue weighted by molar-refractivity contribution is 8.09. The first-order chi connectivity index (χ1) is 5.04. The van der Waals surface area contributed by atoms with Crippen molar-refractivity contribution in [3.8, 4) is 0 Å². The van der Waals surface area contributed by atoms with Gasteiger partial charge in [0, 0.05) is 0 Å². The number of rotatable bonds is 1. The van der Waals surface area contributed by atoms with Crippen LogP contribution in [0.2, 0.25) is 0 Å². The summed E-state index contributed by atoms with van der Waals surface area (Å²) in [5.74, 6) is -2.09. The fourth-order valence-electron chi connectivity index (χ4n) is 2.53. The fraction of sp³-hybridized carbons (Fsp3) is 1.00. The van der Waals surface area contributed by atoms with E-state index in [4.69, 9.17) is 22.5 Å². The highest BCUT2D eigenvalue weighted by Crippen LogP contribution is 2.76. The maximum absolute atomic E-state index is 11.5. The average Bonchev–Trinajstić information content (AvgIpc) is 2.42. The molecule has 0 aromatic rings. The molecule has 64 valence electrons. The number of hydrogen-bond donors (Lipinski definition) is 0. The van der Waals surface area contributed by atoms with Crippen LogP contribution >= 0.6 is 28.3 Å². The van der Waals surface area contributed by atoms with Gasteiger partial charge in [0.05, 0.1) is 5.16 Å². The Hall–Kier alpha value is 0.810. The van der Waals surface area contributed by atoms with Crippen LogP contribution in [0.15, 0.2) is 0 Å². The molecule has 0 aromatic heterocycles.